The molecule has 0 N–H and O–H groups in total. The highest BCUT2D eigenvalue weighted by molar-refractivity contribution is 7.27. The first-order chi connectivity index (χ1) is 32.7. The maximum absolute atomic E-state index is 6.36. The highest BCUT2D eigenvalue weighted by Crippen LogP contribution is 2.54. The molecule has 2 aromatic heterocycles. The number of fused-ring (bicyclic) bond motifs is 11. The molecular weight excluding hydrogens is 827 g/mol. The van der Waals surface area contributed by atoms with E-state index in [0.29, 0.717) is 0 Å². The Hall–Kier alpha value is -8.58. The van der Waals surface area contributed by atoms with E-state index in [-0.39, 0.29) is 0 Å². The Labute approximate surface area is 384 Å². The molecule has 0 amide bonds. The molecule has 310 valence electrons. The summed E-state index contributed by atoms with van der Waals surface area (Å²) in [6.45, 7) is 0. The van der Waals surface area contributed by atoms with Crippen LogP contribution in [-0.4, -0.2) is 4.57 Å². The van der Waals surface area contributed by atoms with Gasteiger partial charge in [-0.25, -0.2) is 0 Å². The van der Waals surface area contributed by atoms with Crippen molar-refractivity contribution in [1.29, 1.82) is 0 Å². The number of aromatic nitrogens is 1. The summed E-state index contributed by atoms with van der Waals surface area (Å²) in [4.78, 5) is 4.60. The minimum atomic E-state index is 0.842. The number of ether oxygens (including phenoxy) is 2. The van der Waals surface area contributed by atoms with Crippen molar-refractivity contribution in [3.8, 4) is 50.9 Å². The van der Waals surface area contributed by atoms with Crippen molar-refractivity contribution in [3.63, 3.8) is 0 Å². The number of hydrogen-bond acceptors (Lipinski definition) is 5. The fourth-order valence-electron chi connectivity index (χ4n) is 10.2. The number of para-hydroxylation sites is 10. The Kier molecular flexibility index (Phi) is 8.08. The Morgan fingerprint density at radius 1 is 0.333 bits per heavy atom. The van der Waals surface area contributed by atoms with Gasteiger partial charge >= 0.3 is 0 Å². The fourth-order valence-corrected chi connectivity index (χ4v) is 11.6. The van der Waals surface area contributed by atoms with E-state index in [1.165, 1.54) is 64.2 Å². The predicted molar refractivity (Wildman–Crippen MR) is 274 cm³/mol. The molecule has 0 aliphatic carbocycles. The Morgan fingerprint density at radius 2 is 0.803 bits per heavy atom. The van der Waals surface area contributed by atoms with Gasteiger partial charge in [0.25, 0.3) is 0 Å². The monoisotopic (exact) mass is 863 g/mol. The average molecular weight is 864 g/mol. The summed E-state index contributed by atoms with van der Waals surface area (Å²) < 4.78 is 17.7. The smallest absolute Gasteiger partial charge is 0.151 e. The number of anilines is 6. The van der Waals surface area contributed by atoms with Crippen LogP contribution in [0.1, 0.15) is 0 Å². The minimum Gasteiger partial charge on any atom is -0.453 e. The van der Waals surface area contributed by atoms with Crippen molar-refractivity contribution in [2.75, 3.05) is 9.80 Å². The van der Waals surface area contributed by atoms with Crippen molar-refractivity contribution in [3.05, 3.63) is 224 Å². The normalized spacial score (nSPS) is 12.7. The molecule has 66 heavy (non-hydrogen) atoms. The molecule has 5 nitrogen and oxygen atoms in total. The Morgan fingerprint density at radius 3 is 1.36 bits per heavy atom. The van der Waals surface area contributed by atoms with Gasteiger partial charge in [0.2, 0.25) is 0 Å². The Balaban J connectivity index is 0.972. The second kappa shape index (κ2) is 14.5. The molecule has 0 bridgehead atoms. The molecule has 6 heteroatoms. The molecule has 0 saturated carbocycles. The van der Waals surface area contributed by atoms with Gasteiger partial charge < -0.3 is 23.8 Å². The zero-order chi connectivity index (χ0) is 43.3. The van der Waals surface area contributed by atoms with Gasteiger partial charge in [-0.3, -0.25) is 0 Å². The van der Waals surface area contributed by atoms with Gasteiger partial charge in [0.05, 0.1) is 33.8 Å². The van der Waals surface area contributed by atoms with E-state index in [2.05, 4.69) is 190 Å². The van der Waals surface area contributed by atoms with E-state index in [0.717, 1.165) is 62.8 Å². The molecule has 2 aliphatic heterocycles. The van der Waals surface area contributed by atoms with Gasteiger partial charge in [-0.05, 0) is 114 Å². The van der Waals surface area contributed by atoms with E-state index in [4.69, 9.17) is 9.47 Å². The number of nitrogens with zero attached hydrogens (tertiary/aromatic N) is 3. The summed E-state index contributed by atoms with van der Waals surface area (Å²) in [5, 5.41) is 4.98. The standard InChI is InChI=1S/C60H37N3O2S/c1-2-15-40(16-3-1)63-48-20-5-4-17-44(48)47-37-46(39-31-35-42(36-32-39)62-51-23-8-12-27-55(51)65-56-28-13-9-24-52(56)62)60-57(58(47)63)45-19-14-18-43(59(45)66-60)38-29-33-41(34-30-38)61-49-21-6-10-25-53(49)64-54-26-11-7-22-50(54)61/h1-37H. The van der Waals surface area contributed by atoms with E-state index in [1.54, 1.807) is 0 Å². The second-order valence-electron chi connectivity index (χ2n) is 16.8. The summed E-state index contributed by atoms with van der Waals surface area (Å²) in [6.07, 6.45) is 0. The molecule has 14 rings (SSSR count). The molecular formula is C60H37N3O2S. The molecule has 10 aromatic carbocycles. The van der Waals surface area contributed by atoms with Crippen LogP contribution in [0.3, 0.4) is 0 Å². The maximum Gasteiger partial charge on any atom is 0.151 e. The van der Waals surface area contributed by atoms with Gasteiger partial charge in [0, 0.05) is 53.6 Å². The number of rotatable bonds is 5. The lowest BCUT2D eigenvalue weighted by molar-refractivity contribution is 0.477. The molecule has 0 spiro atoms. The van der Waals surface area contributed by atoms with Crippen molar-refractivity contribution < 1.29 is 9.47 Å². The van der Waals surface area contributed by atoms with Crippen LogP contribution in [0.25, 0.3) is 69.9 Å². The van der Waals surface area contributed by atoms with E-state index < -0.39 is 0 Å². The van der Waals surface area contributed by atoms with Crippen molar-refractivity contribution in [1.82, 2.24) is 4.57 Å². The van der Waals surface area contributed by atoms with E-state index >= 15 is 0 Å². The largest absolute Gasteiger partial charge is 0.453 e. The first-order valence-electron chi connectivity index (χ1n) is 22.2. The third kappa shape index (κ3) is 5.52. The first-order valence-corrected chi connectivity index (χ1v) is 23.1. The van der Waals surface area contributed by atoms with Crippen LogP contribution < -0.4 is 19.3 Å². The van der Waals surface area contributed by atoms with Crippen LogP contribution in [0.2, 0.25) is 0 Å². The van der Waals surface area contributed by atoms with Crippen LogP contribution in [0.4, 0.5) is 34.1 Å². The lowest BCUT2D eigenvalue weighted by Crippen LogP contribution is -2.15. The van der Waals surface area contributed by atoms with Crippen molar-refractivity contribution in [2.24, 2.45) is 0 Å². The SMILES string of the molecule is c1ccc(-n2c3ccccc3c3cc(-c4ccc(N5c6ccccc6Oc6ccccc65)cc4)c4sc5c(-c6ccc(N7c8ccccc8Oc8ccccc87)cc6)cccc5c4c32)cc1. The zero-order valence-electron chi connectivity index (χ0n) is 35.4. The van der Waals surface area contributed by atoms with Crippen LogP contribution >= 0.6 is 11.3 Å². The first kappa shape index (κ1) is 36.9. The summed E-state index contributed by atoms with van der Waals surface area (Å²) in [7, 11) is 0. The molecule has 0 radical (unpaired) electrons. The quantitative estimate of drug-likeness (QED) is 0.172. The lowest BCUT2D eigenvalue weighted by atomic mass is 9.97. The average Bonchev–Trinajstić information content (AvgIpc) is 3.94. The molecule has 4 heterocycles. The Bertz CT molecular complexity index is 3800. The summed E-state index contributed by atoms with van der Waals surface area (Å²) >= 11 is 1.89. The van der Waals surface area contributed by atoms with Gasteiger partial charge in [0.1, 0.15) is 0 Å². The maximum atomic E-state index is 6.36. The molecule has 0 fully saturated rings. The predicted octanol–water partition coefficient (Wildman–Crippen LogP) is 17.6. The number of hydrogen-bond donors (Lipinski definition) is 0. The molecule has 12 aromatic rings. The lowest BCUT2D eigenvalue weighted by Gasteiger charge is -2.32. The third-order valence-corrected chi connectivity index (χ3v) is 14.4. The molecule has 0 saturated heterocycles. The topological polar surface area (TPSA) is 29.9 Å². The number of benzene rings is 10. The van der Waals surface area contributed by atoms with Crippen molar-refractivity contribution in [2.45, 2.75) is 0 Å². The molecule has 0 atom stereocenters. The second-order valence-corrected chi connectivity index (χ2v) is 17.9. The minimum absolute atomic E-state index is 0.842. The highest BCUT2D eigenvalue weighted by atomic mass is 32.1. The summed E-state index contributed by atoms with van der Waals surface area (Å²) in [5.74, 6) is 3.37. The zero-order valence-corrected chi connectivity index (χ0v) is 36.2. The molecule has 0 unspecified atom stereocenters. The summed E-state index contributed by atoms with van der Waals surface area (Å²) in [5.41, 5.74) is 14.6. The third-order valence-electron chi connectivity index (χ3n) is 13.2. The van der Waals surface area contributed by atoms with Gasteiger partial charge in [-0.1, -0.05) is 127 Å². The van der Waals surface area contributed by atoms with Crippen LogP contribution in [0, 0.1) is 0 Å². The van der Waals surface area contributed by atoms with Crippen molar-refractivity contribution >= 4 is 87.4 Å². The van der Waals surface area contributed by atoms with Gasteiger partial charge in [-0.15, -0.1) is 11.3 Å². The summed E-state index contributed by atoms with van der Waals surface area (Å²) in [6, 6.07) is 80.1. The van der Waals surface area contributed by atoms with Crippen LogP contribution in [0.15, 0.2) is 224 Å². The van der Waals surface area contributed by atoms with Gasteiger partial charge in [0.15, 0.2) is 23.0 Å². The van der Waals surface area contributed by atoms with Crippen LogP contribution in [-0.2, 0) is 0 Å². The fraction of sp³-hybridized carbons (Fsp3) is 0. The van der Waals surface area contributed by atoms with Crippen LogP contribution in [0.5, 0.6) is 23.0 Å². The molecule has 2 aliphatic rings. The van der Waals surface area contributed by atoms with E-state index in [9.17, 15) is 0 Å². The van der Waals surface area contributed by atoms with Gasteiger partial charge in [-0.2, -0.15) is 0 Å². The highest BCUT2D eigenvalue weighted by Gasteiger charge is 2.28. The van der Waals surface area contributed by atoms with E-state index in [1.807, 2.05) is 59.9 Å². The number of thiophene rings is 1.